The molecule has 3 N–H and O–H groups in total. The number of amides is 1. The summed E-state index contributed by atoms with van der Waals surface area (Å²) in [6.07, 6.45) is 4.24. The number of nitrogens with one attached hydrogen (secondary N) is 3. The summed E-state index contributed by atoms with van der Waals surface area (Å²) in [5, 5.41) is 2.88. The van der Waals surface area contributed by atoms with Gasteiger partial charge >= 0.3 is 0 Å². The Balaban J connectivity index is 1.85. The Morgan fingerprint density at radius 1 is 1.39 bits per heavy atom. The summed E-state index contributed by atoms with van der Waals surface area (Å²) in [4.78, 5) is 11.7. The standard InChI is InChI=1S/C13H16BrN3O/c1-9-8-12(17-16-9)15-13(18)7-4-10-2-5-11(14)6-3-10/h2-7,9,12,16-17H,8H2,1H3,(H,15,18)/b7-4+. The van der Waals surface area contributed by atoms with Gasteiger partial charge in [-0.05, 0) is 37.1 Å². The first kappa shape index (κ1) is 13.3. The van der Waals surface area contributed by atoms with Crippen LogP contribution in [0.2, 0.25) is 0 Å². The maximum atomic E-state index is 11.7. The van der Waals surface area contributed by atoms with Gasteiger partial charge in [0.2, 0.25) is 5.91 Å². The summed E-state index contributed by atoms with van der Waals surface area (Å²) in [7, 11) is 0. The summed E-state index contributed by atoms with van der Waals surface area (Å²) >= 11 is 3.37. The number of hydrazine groups is 1. The highest BCUT2D eigenvalue weighted by atomic mass is 79.9. The molecule has 0 aliphatic carbocycles. The van der Waals surface area contributed by atoms with E-state index in [0.29, 0.717) is 6.04 Å². The fraction of sp³-hybridized carbons (Fsp3) is 0.308. The molecule has 1 heterocycles. The molecule has 2 atom stereocenters. The van der Waals surface area contributed by atoms with Gasteiger partial charge in [-0.3, -0.25) is 10.2 Å². The lowest BCUT2D eigenvalue weighted by atomic mass is 10.2. The number of hydrogen-bond donors (Lipinski definition) is 3. The van der Waals surface area contributed by atoms with Crippen molar-refractivity contribution in [2.75, 3.05) is 0 Å². The molecule has 1 aliphatic heterocycles. The number of hydrogen-bond acceptors (Lipinski definition) is 3. The maximum Gasteiger partial charge on any atom is 0.245 e. The van der Waals surface area contributed by atoms with E-state index in [0.717, 1.165) is 16.5 Å². The molecule has 96 valence electrons. The Hall–Kier alpha value is -1.17. The normalized spacial score (nSPS) is 23.4. The first-order valence-electron chi connectivity index (χ1n) is 5.89. The number of benzene rings is 1. The molecule has 1 aliphatic rings. The average Bonchev–Trinajstić information content (AvgIpc) is 2.74. The zero-order valence-electron chi connectivity index (χ0n) is 10.1. The molecular formula is C13H16BrN3O. The number of carbonyl (C=O) groups is 1. The molecule has 2 unspecified atom stereocenters. The van der Waals surface area contributed by atoms with Crippen LogP contribution in [0.25, 0.3) is 6.08 Å². The van der Waals surface area contributed by atoms with Gasteiger partial charge in [-0.15, -0.1) is 0 Å². The molecule has 1 aromatic carbocycles. The lowest BCUT2D eigenvalue weighted by Crippen LogP contribution is -2.43. The van der Waals surface area contributed by atoms with Gasteiger partial charge in [-0.25, -0.2) is 5.43 Å². The smallest absolute Gasteiger partial charge is 0.245 e. The van der Waals surface area contributed by atoms with Crippen LogP contribution in [-0.4, -0.2) is 18.1 Å². The van der Waals surface area contributed by atoms with Crippen LogP contribution in [0.4, 0.5) is 0 Å². The predicted octanol–water partition coefficient (Wildman–Crippen LogP) is 1.79. The summed E-state index contributed by atoms with van der Waals surface area (Å²) in [6.45, 7) is 2.07. The van der Waals surface area contributed by atoms with E-state index in [9.17, 15) is 4.79 Å². The van der Waals surface area contributed by atoms with Crippen molar-refractivity contribution in [3.05, 3.63) is 40.4 Å². The Kier molecular flexibility index (Phi) is 4.52. The second-order valence-corrected chi connectivity index (χ2v) is 5.29. The summed E-state index contributed by atoms with van der Waals surface area (Å²) < 4.78 is 1.03. The summed E-state index contributed by atoms with van der Waals surface area (Å²) in [5.74, 6) is -0.0914. The molecule has 2 rings (SSSR count). The summed E-state index contributed by atoms with van der Waals surface area (Å²) in [5.41, 5.74) is 7.08. The Bertz CT molecular complexity index is 444. The van der Waals surface area contributed by atoms with E-state index in [1.54, 1.807) is 12.2 Å². The molecule has 0 aromatic heterocycles. The molecule has 0 radical (unpaired) electrons. The molecule has 1 fully saturated rings. The molecular weight excluding hydrogens is 294 g/mol. The van der Waals surface area contributed by atoms with Crippen molar-refractivity contribution < 1.29 is 4.79 Å². The molecule has 1 saturated heterocycles. The van der Waals surface area contributed by atoms with Crippen LogP contribution in [0.3, 0.4) is 0 Å². The van der Waals surface area contributed by atoms with Crippen LogP contribution < -0.4 is 16.2 Å². The van der Waals surface area contributed by atoms with Crippen molar-refractivity contribution in [2.45, 2.75) is 25.6 Å². The van der Waals surface area contributed by atoms with Crippen molar-refractivity contribution in [1.29, 1.82) is 0 Å². The molecule has 1 amide bonds. The highest BCUT2D eigenvalue weighted by Gasteiger charge is 2.20. The third-order valence-electron chi connectivity index (χ3n) is 2.71. The van der Waals surface area contributed by atoms with Crippen LogP contribution in [0.15, 0.2) is 34.8 Å². The van der Waals surface area contributed by atoms with Crippen LogP contribution in [0, 0.1) is 0 Å². The second-order valence-electron chi connectivity index (χ2n) is 4.37. The minimum absolute atomic E-state index is 0.00191. The number of carbonyl (C=O) groups excluding carboxylic acids is 1. The average molecular weight is 310 g/mol. The van der Waals surface area contributed by atoms with E-state index in [1.165, 1.54) is 0 Å². The maximum absolute atomic E-state index is 11.7. The molecule has 5 heteroatoms. The first-order valence-corrected chi connectivity index (χ1v) is 6.68. The van der Waals surface area contributed by atoms with Crippen LogP contribution in [-0.2, 0) is 4.79 Å². The zero-order chi connectivity index (χ0) is 13.0. The SMILES string of the molecule is CC1CC(NC(=O)/C=C/c2ccc(Br)cc2)NN1. The van der Waals surface area contributed by atoms with Gasteiger partial charge in [0.1, 0.15) is 0 Å². The first-order chi connectivity index (χ1) is 8.63. The van der Waals surface area contributed by atoms with Gasteiger partial charge in [-0.2, -0.15) is 0 Å². The third-order valence-corrected chi connectivity index (χ3v) is 3.24. The van der Waals surface area contributed by atoms with Crippen molar-refractivity contribution in [3.8, 4) is 0 Å². The van der Waals surface area contributed by atoms with E-state index in [4.69, 9.17) is 0 Å². The minimum Gasteiger partial charge on any atom is -0.336 e. The van der Waals surface area contributed by atoms with Gasteiger partial charge in [0.25, 0.3) is 0 Å². The highest BCUT2D eigenvalue weighted by Crippen LogP contribution is 2.11. The molecule has 0 saturated carbocycles. The largest absolute Gasteiger partial charge is 0.336 e. The van der Waals surface area contributed by atoms with Gasteiger partial charge in [0, 0.05) is 16.6 Å². The Morgan fingerprint density at radius 2 is 2.11 bits per heavy atom. The fourth-order valence-corrected chi connectivity index (χ4v) is 2.04. The quantitative estimate of drug-likeness (QED) is 0.746. The van der Waals surface area contributed by atoms with Crippen molar-refractivity contribution >= 4 is 27.9 Å². The lowest BCUT2D eigenvalue weighted by Gasteiger charge is -2.09. The molecule has 1 aromatic rings. The van der Waals surface area contributed by atoms with E-state index >= 15 is 0 Å². The van der Waals surface area contributed by atoms with Gasteiger partial charge in [-0.1, -0.05) is 28.1 Å². The fourth-order valence-electron chi connectivity index (χ4n) is 1.77. The third kappa shape index (κ3) is 3.94. The molecule has 18 heavy (non-hydrogen) atoms. The highest BCUT2D eigenvalue weighted by molar-refractivity contribution is 9.10. The molecule has 0 spiro atoms. The van der Waals surface area contributed by atoms with Crippen LogP contribution >= 0.6 is 15.9 Å². The van der Waals surface area contributed by atoms with Crippen molar-refractivity contribution in [3.63, 3.8) is 0 Å². The lowest BCUT2D eigenvalue weighted by molar-refractivity contribution is -0.117. The van der Waals surface area contributed by atoms with Crippen molar-refractivity contribution in [1.82, 2.24) is 16.2 Å². The molecule has 4 nitrogen and oxygen atoms in total. The zero-order valence-corrected chi connectivity index (χ0v) is 11.7. The van der Waals surface area contributed by atoms with Crippen molar-refractivity contribution in [2.24, 2.45) is 0 Å². The van der Waals surface area contributed by atoms with E-state index < -0.39 is 0 Å². The van der Waals surface area contributed by atoms with E-state index in [-0.39, 0.29) is 12.1 Å². The summed E-state index contributed by atoms with van der Waals surface area (Å²) in [6, 6.07) is 8.17. The Morgan fingerprint density at radius 3 is 2.72 bits per heavy atom. The minimum atomic E-state index is -0.0914. The number of rotatable bonds is 3. The number of halogens is 1. The van der Waals surface area contributed by atoms with Crippen LogP contribution in [0.5, 0.6) is 0 Å². The molecule has 0 bridgehead atoms. The van der Waals surface area contributed by atoms with E-state index in [1.807, 2.05) is 24.3 Å². The monoisotopic (exact) mass is 309 g/mol. The Labute approximate surface area is 115 Å². The van der Waals surface area contributed by atoms with Crippen LogP contribution in [0.1, 0.15) is 18.9 Å². The van der Waals surface area contributed by atoms with Gasteiger partial charge in [0.15, 0.2) is 0 Å². The van der Waals surface area contributed by atoms with E-state index in [2.05, 4.69) is 39.0 Å². The van der Waals surface area contributed by atoms with Gasteiger partial charge in [0.05, 0.1) is 6.17 Å². The van der Waals surface area contributed by atoms with Gasteiger partial charge < -0.3 is 5.32 Å². The predicted molar refractivity (Wildman–Crippen MR) is 75.5 cm³/mol. The topological polar surface area (TPSA) is 53.2 Å². The second kappa shape index (κ2) is 6.13.